The predicted octanol–water partition coefficient (Wildman–Crippen LogP) is 7.88. The first-order chi connectivity index (χ1) is 22.4. The lowest BCUT2D eigenvalue weighted by Gasteiger charge is -2.25. The van der Waals surface area contributed by atoms with Gasteiger partial charge in [-0.1, -0.05) is 126 Å². The van der Waals surface area contributed by atoms with Crippen molar-refractivity contribution in [2.75, 3.05) is 38.6 Å². The molecule has 0 radical (unpaired) electrons. The highest BCUT2D eigenvalue weighted by molar-refractivity contribution is 7.98. The number of amides is 1. The zero-order valence-corrected chi connectivity index (χ0v) is 28.0. The van der Waals surface area contributed by atoms with Gasteiger partial charge in [0.15, 0.2) is 5.16 Å². The third kappa shape index (κ3) is 10.2. The monoisotopic (exact) mass is 649 g/mol. The minimum Gasteiger partial charge on any atom is -0.352 e. The van der Waals surface area contributed by atoms with Crippen LogP contribution in [0, 0.1) is 0 Å². The van der Waals surface area contributed by atoms with Crippen molar-refractivity contribution < 1.29 is 4.79 Å². The molecule has 0 N–H and O–H groups in total. The summed E-state index contributed by atoms with van der Waals surface area (Å²) in [4.78, 5) is 29.3. The number of aromatic nitrogens is 2. The molecule has 0 aliphatic carbocycles. The van der Waals surface area contributed by atoms with E-state index in [0.717, 1.165) is 43.0 Å². The van der Waals surface area contributed by atoms with Gasteiger partial charge in [0.2, 0.25) is 0 Å². The van der Waals surface area contributed by atoms with Gasteiger partial charge in [0.25, 0.3) is 5.91 Å². The quantitative estimate of drug-likeness (QED) is 0.0654. The SMILES string of the molecule is CN(C)CCN(Cc1ccccc1)C(=O)c1ccc(CSc2nc(Cl)cc(N(CCc3ccccc3)Cc3ccccc3)n2)cc1. The molecule has 4 aromatic carbocycles. The first kappa shape index (κ1) is 33.2. The second kappa shape index (κ2) is 16.9. The number of halogens is 1. The topological polar surface area (TPSA) is 52.6 Å². The van der Waals surface area contributed by atoms with Crippen molar-refractivity contribution in [2.24, 2.45) is 0 Å². The number of hydrogen-bond acceptors (Lipinski definition) is 6. The van der Waals surface area contributed by atoms with Gasteiger partial charge >= 0.3 is 0 Å². The van der Waals surface area contributed by atoms with E-state index in [0.29, 0.717) is 34.7 Å². The van der Waals surface area contributed by atoms with Crippen LogP contribution in [-0.4, -0.2) is 59.4 Å². The van der Waals surface area contributed by atoms with Crippen LogP contribution in [-0.2, 0) is 25.3 Å². The Kier molecular flexibility index (Phi) is 12.2. The number of benzene rings is 4. The lowest BCUT2D eigenvalue weighted by molar-refractivity contribution is 0.0732. The molecule has 1 amide bonds. The van der Waals surface area contributed by atoms with Crippen molar-refractivity contribution in [3.05, 3.63) is 154 Å². The van der Waals surface area contributed by atoms with Crippen LogP contribution in [0.15, 0.2) is 126 Å². The highest BCUT2D eigenvalue weighted by Gasteiger charge is 2.17. The molecule has 0 aliphatic heterocycles. The summed E-state index contributed by atoms with van der Waals surface area (Å²) >= 11 is 8.09. The van der Waals surface area contributed by atoms with Gasteiger partial charge in [-0.15, -0.1) is 0 Å². The maximum atomic E-state index is 13.5. The van der Waals surface area contributed by atoms with Gasteiger partial charge in [-0.25, -0.2) is 9.97 Å². The molecule has 0 spiro atoms. The molecule has 0 bridgehead atoms. The van der Waals surface area contributed by atoms with Gasteiger partial charge in [0.1, 0.15) is 11.0 Å². The number of carbonyl (C=O) groups is 1. The summed E-state index contributed by atoms with van der Waals surface area (Å²) in [6.07, 6.45) is 0.890. The molecule has 5 rings (SSSR count). The minimum atomic E-state index is 0.0294. The van der Waals surface area contributed by atoms with Crippen LogP contribution in [0.2, 0.25) is 5.15 Å². The van der Waals surface area contributed by atoms with Crippen LogP contribution in [0.25, 0.3) is 0 Å². The van der Waals surface area contributed by atoms with Crippen LogP contribution < -0.4 is 4.90 Å². The van der Waals surface area contributed by atoms with E-state index in [9.17, 15) is 4.79 Å². The van der Waals surface area contributed by atoms with E-state index in [1.807, 2.05) is 79.7 Å². The standard InChI is InChI=1S/C38H40ClN5OS/c1-42(2)24-25-44(28-32-16-10-5-11-17-32)37(45)34-20-18-33(19-21-34)29-46-38-40-35(39)26-36(41-38)43(27-31-14-8-4-9-15-31)23-22-30-12-6-3-7-13-30/h3-21,26H,22-25,27-29H2,1-2H3. The van der Waals surface area contributed by atoms with E-state index in [1.54, 1.807) is 0 Å². The fraction of sp³-hybridized carbons (Fsp3) is 0.237. The maximum Gasteiger partial charge on any atom is 0.254 e. The number of rotatable bonds is 15. The zero-order valence-electron chi connectivity index (χ0n) is 26.4. The van der Waals surface area contributed by atoms with Crippen molar-refractivity contribution in [2.45, 2.75) is 30.4 Å². The Bertz CT molecular complexity index is 1650. The molecule has 0 fully saturated rings. The van der Waals surface area contributed by atoms with Gasteiger partial charge < -0.3 is 14.7 Å². The van der Waals surface area contributed by atoms with Gasteiger partial charge in [0, 0.05) is 50.1 Å². The fourth-order valence-corrected chi connectivity index (χ4v) is 6.09. The van der Waals surface area contributed by atoms with Gasteiger partial charge in [0.05, 0.1) is 0 Å². The molecule has 1 aromatic heterocycles. The number of thioether (sulfide) groups is 1. The van der Waals surface area contributed by atoms with Crippen molar-refractivity contribution in [3.63, 3.8) is 0 Å². The Morgan fingerprint density at radius 1 is 0.674 bits per heavy atom. The highest BCUT2D eigenvalue weighted by atomic mass is 35.5. The molecule has 1 heterocycles. The summed E-state index contributed by atoms with van der Waals surface area (Å²) in [5, 5.41) is 1.04. The third-order valence-corrected chi connectivity index (χ3v) is 8.72. The maximum absolute atomic E-state index is 13.5. The van der Waals surface area contributed by atoms with Crippen molar-refractivity contribution in [1.29, 1.82) is 0 Å². The second-order valence-electron chi connectivity index (χ2n) is 11.5. The van der Waals surface area contributed by atoms with E-state index < -0.39 is 0 Å². The Balaban J connectivity index is 1.26. The smallest absolute Gasteiger partial charge is 0.254 e. The van der Waals surface area contributed by atoms with Gasteiger partial charge in [-0.05, 0) is 54.9 Å². The van der Waals surface area contributed by atoms with Gasteiger partial charge in [-0.3, -0.25) is 4.79 Å². The first-order valence-electron chi connectivity index (χ1n) is 15.5. The van der Waals surface area contributed by atoms with Crippen molar-refractivity contribution in [1.82, 2.24) is 19.8 Å². The molecule has 0 aliphatic rings. The van der Waals surface area contributed by atoms with Crippen LogP contribution in [0.4, 0.5) is 5.82 Å². The van der Waals surface area contributed by atoms with E-state index in [1.165, 1.54) is 22.9 Å². The normalized spacial score (nSPS) is 11.0. The van der Waals surface area contributed by atoms with E-state index in [2.05, 4.69) is 75.4 Å². The molecule has 236 valence electrons. The van der Waals surface area contributed by atoms with Crippen LogP contribution in [0.1, 0.15) is 32.6 Å². The zero-order chi connectivity index (χ0) is 32.1. The summed E-state index contributed by atoms with van der Waals surface area (Å²) < 4.78 is 0. The minimum absolute atomic E-state index is 0.0294. The Labute approximate surface area is 282 Å². The molecule has 8 heteroatoms. The number of hydrogen-bond donors (Lipinski definition) is 0. The number of anilines is 1. The third-order valence-electron chi connectivity index (χ3n) is 7.60. The average molecular weight is 650 g/mol. The Morgan fingerprint density at radius 3 is 1.87 bits per heavy atom. The molecule has 0 atom stereocenters. The average Bonchev–Trinajstić information content (AvgIpc) is 3.08. The lowest BCUT2D eigenvalue weighted by Crippen LogP contribution is -2.36. The summed E-state index contributed by atoms with van der Waals surface area (Å²) in [6.45, 7) is 3.54. The van der Waals surface area contributed by atoms with Crippen molar-refractivity contribution >= 4 is 35.1 Å². The molecular formula is C38H40ClN5OS. The molecule has 46 heavy (non-hydrogen) atoms. The summed E-state index contributed by atoms with van der Waals surface area (Å²) in [5.74, 6) is 1.49. The number of likely N-dealkylation sites (N-methyl/N-ethyl adjacent to an activating group) is 1. The summed E-state index contributed by atoms with van der Waals surface area (Å²) in [7, 11) is 4.05. The molecule has 5 aromatic rings. The Morgan fingerprint density at radius 2 is 1.26 bits per heavy atom. The van der Waals surface area contributed by atoms with Crippen LogP contribution >= 0.6 is 23.4 Å². The highest BCUT2D eigenvalue weighted by Crippen LogP contribution is 2.26. The number of nitrogens with zero attached hydrogens (tertiary/aromatic N) is 5. The summed E-state index contributed by atoms with van der Waals surface area (Å²) in [5.41, 5.74) is 5.36. The molecule has 0 saturated heterocycles. The first-order valence-corrected chi connectivity index (χ1v) is 16.9. The van der Waals surface area contributed by atoms with Gasteiger partial charge in [-0.2, -0.15) is 0 Å². The molecular weight excluding hydrogens is 610 g/mol. The fourth-order valence-electron chi connectivity index (χ4n) is 5.05. The molecule has 0 unspecified atom stereocenters. The lowest BCUT2D eigenvalue weighted by atomic mass is 10.1. The largest absolute Gasteiger partial charge is 0.352 e. The van der Waals surface area contributed by atoms with Crippen LogP contribution in [0.3, 0.4) is 0 Å². The molecule has 6 nitrogen and oxygen atoms in total. The number of carbonyl (C=O) groups excluding carboxylic acids is 1. The predicted molar refractivity (Wildman–Crippen MR) is 190 cm³/mol. The van der Waals surface area contributed by atoms with E-state index >= 15 is 0 Å². The van der Waals surface area contributed by atoms with E-state index in [4.69, 9.17) is 16.6 Å². The Hall–Kier alpha value is -4.17. The summed E-state index contributed by atoms with van der Waals surface area (Å²) in [6, 6.07) is 40.7. The van der Waals surface area contributed by atoms with E-state index in [-0.39, 0.29) is 5.91 Å². The van der Waals surface area contributed by atoms with Crippen molar-refractivity contribution in [3.8, 4) is 0 Å². The van der Waals surface area contributed by atoms with Crippen LogP contribution in [0.5, 0.6) is 0 Å². The second-order valence-corrected chi connectivity index (χ2v) is 12.8. The molecule has 0 saturated carbocycles.